The van der Waals surface area contributed by atoms with Gasteiger partial charge in [-0.05, 0) is 0 Å². The average molecular weight is 202 g/mol. The third-order valence-electron chi connectivity index (χ3n) is 1.33. The summed E-state index contributed by atoms with van der Waals surface area (Å²) in [5.74, 6) is 0.0278. The first kappa shape index (κ1) is 11.2. The summed E-state index contributed by atoms with van der Waals surface area (Å²) in [6.07, 6.45) is 1.18. The average Bonchev–Trinajstić information content (AvgIpc) is 1.57. The third-order valence-corrected chi connectivity index (χ3v) is 2.43. The van der Waals surface area contributed by atoms with Gasteiger partial charge in [0.05, 0.1) is 24.5 Å². The standard InChI is InChI=1S/C5H11NO3S.ClH/c1-10(7,8)4-5(6)2-9-3-5;/h2-4,6H2,1H3;1H. The molecule has 1 aliphatic heterocycles. The van der Waals surface area contributed by atoms with E-state index < -0.39 is 15.4 Å². The molecule has 0 aliphatic carbocycles. The fourth-order valence-electron chi connectivity index (χ4n) is 0.970. The van der Waals surface area contributed by atoms with Crippen LogP contribution >= 0.6 is 12.4 Å². The summed E-state index contributed by atoms with van der Waals surface area (Å²) in [6.45, 7) is 0.722. The van der Waals surface area contributed by atoms with Crippen LogP contribution in [0.25, 0.3) is 0 Å². The van der Waals surface area contributed by atoms with Crippen LogP contribution in [0.2, 0.25) is 0 Å². The molecular weight excluding hydrogens is 190 g/mol. The second-order valence-corrected chi connectivity index (χ2v) is 5.07. The summed E-state index contributed by atoms with van der Waals surface area (Å²) in [4.78, 5) is 0. The molecule has 11 heavy (non-hydrogen) atoms. The predicted octanol–water partition coefficient (Wildman–Crippen LogP) is -0.820. The number of hydrogen-bond acceptors (Lipinski definition) is 4. The molecule has 0 unspecified atom stereocenters. The maximum atomic E-state index is 10.7. The van der Waals surface area contributed by atoms with Crippen LogP contribution < -0.4 is 5.73 Å². The minimum absolute atomic E-state index is 0. The van der Waals surface area contributed by atoms with E-state index in [0.717, 1.165) is 0 Å². The maximum Gasteiger partial charge on any atom is 0.149 e. The van der Waals surface area contributed by atoms with E-state index in [1.54, 1.807) is 0 Å². The molecule has 0 spiro atoms. The normalized spacial score (nSPS) is 21.6. The van der Waals surface area contributed by atoms with Crippen LogP contribution in [0.5, 0.6) is 0 Å². The van der Waals surface area contributed by atoms with Crippen molar-refractivity contribution >= 4 is 22.2 Å². The van der Waals surface area contributed by atoms with Gasteiger partial charge in [-0.15, -0.1) is 12.4 Å². The number of ether oxygens (including phenoxy) is 1. The van der Waals surface area contributed by atoms with E-state index in [1.165, 1.54) is 6.26 Å². The molecule has 4 nitrogen and oxygen atoms in total. The van der Waals surface area contributed by atoms with E-state index in [-0.39, 0.29) is 18.2 Å². The van der Waals surface area contributed by atoms with Gasteiger partial charge in [0.15, 0.2) is 0 Å². The molecule has 2 N–H and O–H groups in total. The minimum Gasteiger partial charge on any atom is -0.377 e. The Labute approximate surface area is 72.4 Å². The molecule has 1 heterocycles. The largest absolute Gasteiger partial charge is 0.377 e. The molecule has 0 amide bonds. The molecule has 6 heteroatoms. The zero-order valence-corrected chi connectivity index (χ0v) is 7.87. The van der Waals surface area contributed by atoms with Crippen LogP contribution in [-0.2, 0) is 14.6 Å². The Kier molecular flexibility index (Phi) is 3.31. The second-order valence-electron chi connectivity index (χ2n) is 2.93. The molecule has 1 saturated heterocycles. The molecule has 0 bridgehead atoms. The van der Waals surface area contributed by atoms with Gasteiger partial charge in [0, 0.05) is 6.26 Å². The highest BCUT2D eigenvalue weighted by Gasteiger charge is 2.37. The number of sulfone groups is 1. The Morgan fingerprint density at radius 3 is 2.09 bits per heavy atom. The van der Waals surface area contributed by atoms with Gasteiger partial charge in [0.2, 0.25) is 0 Å². The second kappa shape index (κ2) is 3.26. The Bertz CT molecular complexity index is 222. The lowest BCUT2D eigenvalue weighted by atomic mass is 10.0. The van der Waals surface area contributed by atoms with E-state index in [1.807, 2.05) is 0 Å². The molecule has 1 aliphatic rings. The van der Waals surface area contributed by atoms with Gasteiger partial charge in [-0.2, -0.15) is 0 Å². The third kappa shape index (κ3) is 3.37. The lowest BCUT2D eigenvalue weighted by Crippen LogP contribution is -2.61. The van der Waals surface area contributed by atoms with Crippen LogP contribution in [-0.4, -0.2) is 39.2 Å². The van der Waals surface area contributed by atoms with E-state index in [0.29, 0.717) is 13.2 Å². The fraction of sp³-hybridized carbons (Fsp3) is 1.00. The van der Waals surface area contributed by atoms with Crippen LogP contribution in [0.1, 0.15) is 0 Å². The SMILES string of the molecule is CS(=O)(=O)CC1(N)COC1.Cl. The highest BCUT2D eigenvalue weighted by molar-refractivity contribution is 7.90. The Morgan fingerprint density at radius 2 is 2.00 bits per heavy atom. The molecule has 0 saturated carbocycles. The highest BCUT2D eigenvalue weighted by atomic mass is 35.5. The molecule has 1 rings (SSSR count). The zero-order valence-electron chi connectivity index (χ0n) is 6.24. The van der Waals surface area contributed by atoms with Crippen molar-refractivity contribution in [3.8, 4) is 0 Å². The lowest BCUT2D eigenvalue weighted by molar-refractivity contribution is -0.0414. The van der Waals surface area contributed by atoms with Crippen LogP contribution in [0.3, 0.4) is 0 Å². The fourth-order valence-corrected chi connectivity index (χ4v) is 2.18. The summed E-state index contributed by atoms with van der Waals surface area (Å²) in [7, 11) is -2.95. The molecule has 0 atom stereocenters. The molecule has 0 radical (unpaired) electrons. The van der Waals surface area contributed by atoms with E-state index in [9.17, 15) is 8.42 Å². The van der Waals surface area contributed by atoms with Gasteiger partial charge in [0.1, 0.15) is 9.84 Å². The van der Waals surface area contributed by atoms with Gasteiger partial charge in [-0.3, -0.25) is 0 Å². The van der Waals surface area contributed by atoms with E-state index in [4.69, 9.17) is 10.5 Å². The summed E-state index contributed by atoms with van der Waals surface area (Å²) >= 11 is 0. The van der Waals surface area contributed by atoms with Crippen molar-refractivity contribution in [1.82, 2.24) is 0 Å². The minimum atomic E-state index is -2.95. The van der Waals surface area contributed by atoms with Crippen molar-refractivity contribution in [2.75, 3.05) is 25.2 Å². The summed E-state index contributed by atoms with van der Waals surface area (Å²) in [5, 5.41) is 0. The quantitative estimate of drug-likeness (QED) is 0.634. The highest BCUT2D eigenvalue weighted by Crippen LogP contribution is 2.14. The van der Waals surface area contributed by atoms with Crippen molar-refractivity contribution in [3.05, 3.63) is 0 Å². The topological polar surface area (TPSA) is 69.4 Å². The first-order chi connectivity index (χ1) is 4.41. The van der Waals surface area contributed by atoms with Crippen molar-refractivity contribution < 1.29 is 13.2 Å². The van der Waals surface area contributed by atoms with Gasteiger partial charge >= 0.3 is 0 Å². The predicted molar refractivity (Wildman–Crippen MR) is 44.7 cm³/mol. The van der Waals surface area contributed by atoms with Gasteiger partial charge < -0.3 is 10.5 Å². The summed E-state index contributed by atoms with van der Waals surface area (Å²) in [6, 6.07) is 0. The maximum absolute atomic E-state index is 10.7. The van der Waals surface area contributed by atoms with Crippen LogP contribution in [0.15, 0.2) is 0 Å². The number of nitrogens with two attached hydrogens (primary N) is 1. The van der Waals surface area contributed by atoms with Crippen molar-refractivity contribution in [2.24, 2.45) is 5.73 Å². The summed E-state index contributed by atoms with van der Waals surface area (Å²) < 4.78 is 26.2. The zero-order chi connectivity index (χ0) is 7.83. The van der Waals surface area contributed by atoms with E-state index in [2.05, 4.69) is 0 Å². The van der Waals surface area contributed by atoms with Gasteiger partial charge in [-0.25, -0.2) is 8.42 Å². The molecular formula is C5H12ClNO3S. The molecule has 68 valence electrons. The van der Waals surface area contributed by atoms with Crippen molar-refractivity contribution in [3.63, 3.8) is 0 Å². The number of halogens is 1. The van der Waals surface area contributed by atoms with E-state index >= 15 is 0 Å². The molecule has 0 aromatic carbocycles. The van der Waals surface area contributed by atoms with Crippen LogP contribution in [0.4, 0.5) is 0 Å². The van der Waals surface area contributed by atoms with Gasteiger partial charge in [-0.1, -0.05) is 0 Å². The Morgan fingerprint density at radius 1 is 1.55 bits per heavy atom. The number of rotatable bonds is 2. The monoisotopic (exact) mass is 201 g/mol. The number of hydrogen-bond donors (Lipinski definition) is 1. The molecule has 0 aromatic heterocycles. The molecule has 1 fully saturated rings. The first-order valence-electron chi connectivity index (χ1n) is 2.96. The smallest absolute Gasteiger partial charge is 0.149 e. The van der Waals surface area contributed by atoms with Crippen molar-refractivity contribution in [2.45, 2.75) is 5.54 Å². The lowest BCUT2D eigenvalue weighted by Gasteiger charge is -2.36. The van der Waals surface area contributed by atoms with Crippen LogP contribution in [0, 0.1) is 0 Å². The van der Waals surface area contributed by atoms with Crippen molar-refractivity contribution in [1.29, 1.82) is 0 Å². The molecule has 0 aromatic rings. The Balaban J connectivity index is 0.000001000. The Hall–Kier alpha value is 0.160. The summed E-state index contributed by atoms with van der Waals surface area (Å²) in [5.41, 5.74) is 4.98. The first-order valence-corrected chi connectivity index (χ1v) is 5.02. The van der Waals surface area contributed by atoms with Gasteiger partial charge in [0.25, 0.3) is 0 Å².